The van der Waals surface area contributed by atoms with Gasteiger partial charge in [-0.3, -0.25) is 9.59 Å². The van der Waals surface area contributed by atoms with E-state index in [9.17, 15) is 18.0 Å². The molecule has 0 aromatic carbocycles. The van der Waals surface area contributed by atoms with Gasteiger partial charge in [-0.2, -0.15) is 0 Å². The number of carbonyl (C=O) groups is 2. The van der Waals surface area contributed by atoms with Crippen molar-refractivity contribution in [3.05, 3.63) is 35.4 Å². The van der Waals surface area contributed by atoms with Crippen molar-refractivity contribution in [3.8, 4) is 0 Å². The summed E-state index contributed by atoms with van der Waals surface area (Å²) in [6.07, 6.45) is 5.00. The molecule has 3 heterocycles. The van der Waals surface area contributed by atoms with Crippen LogP contribution in [0.15, 0.2) is 28.3 Å². The second-order valence-electron chi connectivity index (χ2n) is 8.09. The van der Waals surface area contributed by atoms with Gasteiger partial charge in [-0.05, 0) is 37.0 Å². The lowest BCUT2D eigenvalue weighted by molar-refractivity contribution is -0.128. The molecule has 0 bridgehead atoms. The van der Waals surface area contributed by atoms with Crippen molar-refractivity contribution >= 4 is 21.8 Å². The van der Waals surface area contributed by atoms with Crippen LogP contribution in [0.25, 0.3) is 0 Å². The summed E-state index contributed by atoms with van der Waals surface area (Å²) in [6, 6.07) is 3.36. The summed E-state index contributed by atoms with van der Waals surface area (Å²) in [5.74, 6) is -0.629. The fraction of sp³-hybridized carbons (Fsp3) is 0.579. The molecule has 8 nitrogen and oxygen atoms in total. The molecule has 1 saturated carbocycles. The molecule has 1 saturated heterocycles. The molecule has 1 aromatic heterocycles. The Labute approximate surface area is 164 Å². The summed E-state index contributed by atoms with van der Waals surface area (Å²) >= 11 is 0. The Kier molecular flexibility index (Phi) is 4.62. The van der Waals surface area contributed by atoms with Crippen molar-refractivity contribution in [2.24, 2.45) is 11.8 Å². The van der Waals surface area contributed by atoms with E-state index in [-0.39, 0.29) is 24.1 Å². The Bertz CT molecular complexity index is 945. The van der Waals surface area contributed by atoms with Gasteiger partial charge in [-0.15, -0.1) is 0 Å². The summed E-state index contributed by atoms with van der Waals surface area (Å²) in [6.45, 7) is 4.54. The summed E-state index contributed by atoms with van der Waals surface area (Å²) in [4.78, 5) is 27.4. The van der Waals surface area contributed by atoms with Crippen LogP contribution in [0.1, 0.15) is 43.0 Å². The molecule has 9 heteroatoms. The topological polar surface area (TPSA) is 99.9 Å². The zero-order valence-electron chi connectivity index (χ0n) is 16.2. The molecule has 1 aromatic rings. The van der Waals surface area contributed by atoms with Gasteiger partial charge < -0.3 is 14.6 Å². The number of sulfonamides is 1. The predicted molar refractivity (Wildman–Crippen MR) is 101 cm³/mol. The van der Waals surface area contributed by atoms with Crippen LogP contribution in [0.5, 0.6) is 0 Å². The monoisotopic (exact) mass is 407 g/mol. The van der Waals surface area contributed by atoms with Crippen LogP contribution in [0.2, 0.25) is 0 Å². The maximum Gasteiger partial charge on any atom is 0.290 e. The molecule has 0 radical (unpaired) electrons. The summed E-state index contributed by atoms with van der Waals surface area (Å²) in [5.41, 5.74) is 0.377. The lowest BCUT2D eigenvalue weighted by Crippen LogP contribution is -2.42. The second kappa shape index (κ2) is 6.73. The predicted octanol–water partition coefficient (Wildman–Crippen LogP) is 1.31. The Hall–Kier alpha value is -2.13. The SMILES string of the molecule is CC(C)[C@H]1C(=O)N(S(C)(=O)=O)C2=CCN(C(=O)c3ccc(CNC4CC4)o3)[C@@H]21. The highest BCUT2D eigenvalue weighted by atomic mass is 32.2. The van der Waals surface area contributed by atoms with Gasteiger partial charge in [0.1, 0.15) is 5.76 Å². The molecule has 0 spiro atoms. The van der Waals surface area contributed by atoms with Gasteiger partial charge in [0, 0.05) is 12.6 Å². The molecule has 1 N–H and O–H groups in total. The van der Waals surface area contributed by atoms with E-state index in [1.54, 1.807) is 23.1 Å². The maximum atomic E-state index is 13.1. The van der Waals surface area contributed by atoms with Gasteiger partial charge in [0.2, 0.25) is 15.9 Å². The number of nitrogens with one attached hydrogen (secondary N) is 1. The number of rotatable bonds is 6. The lowest BCUT2D eigenvalue weighted by atomic mass is 9.89. The number of fused-ring (bicyclic) bond motifs is 1. The number of amides is 2. The van der Waals surface area contributed by atoms with Crippen molar-refractivity contribution in [1.29, 1.82) is 0 Å². The Morgan fingerprint density at radius 2 is 2.04 bits per heavy atom. The molecule has 2 fully saturated rings. The Morgan fingerprint density at radius 3 is 2.64 bits per heavy atom. The number of carbonyl (C=O) groups excluding carboxylic acids is 2. The minimum atomic E-state index is -3.75. The van der Waals surface area contributed by atoms with E-state index in [0.717, 1.165) is 23.4 Å². The van der Waals surface area contributed by atoms with Gasteiger partial charge in [-0.25, -0.2) is 12.7 Å². The van der Waals surface area contributed by atoms with Crippen LogP contribution in [-0.4, -0.2) is 54.3 Å². The molecule has 2 aliphatic heterocycles. The third kappa shape index (κ3) is 3.26. The van der Waals surface area contributed by atoms with Gasteiger partial charge in [0.05, 0.1) is 30.5 Å². The molecule has 1 aliphatic carbocycles. The zero-order valence-corrected chi connectivity index (χ0v) is 17.0. The highest BCUT2D eigenvalue weighted by Gasteiger charge is 2.55. The summed E-state index contributed by atoms with van der Waals surface area (Å²) in [7, 11) is -3.75. The van der Waals surface area contributed by atoms with E-state index >= 15 is 0 Å². The number of hydrogen-bond donors (Lipinski definition) is 1. The first-order valence-corrected chi connectivity index (χ1v) is 11.4. The van der Waals surface area contributed by atoms with Crippen LogP contribution in [0.3, 0.4) is 0 Å². The molecule has 152 valence electrons. The molecular weight excluding hydrogens is 382 g/mol. The first-order chi connectivity index (χ1) is 13.2. The molecule has 4 rings (SSSR count). The zero-order chi connectivity index (χ0) is 20.2. The third-order valence-corrected chi connectivity index (χ3v) is 6.58. The van der Waals surface area contributed by atoms with Crippen molar-refractivity contribution < 1.29 is 22.4 Å². The molecule has 3 aliphatic rings. The standard InChI is InChI=1S/C19H25N3O5S/c1-11(2)16-17-14(22(19(16)24)28(3,25)26)8-9-21(17)18(23)15-7-6-13(27-15)10-20-12-4-5-12/h6-8,11-12,16-17,20H,4-5,9-10H2,1-3H3/t16-,17+/m1/s1. The second-order valence-corrected chi connectivity index (χ2v) is 9.92. The average molecular weight is 407 g/mol. The largest absolute Gasteiger partial charge is 0.455 e. The molecular formula is C19H25N3O5S. The van der Waals surface area contributed by atoms with Crippen LogP contribution in [0, 0.1) is 11.8 Å². The van der Waals surface area contributed by atoms with Gasteiger partial charge in [0.25, 0.3) is 5.91 Å². The van der Waals surface area contributed by atoms with Crippen molar-refractivity contribution in [3.63, 3.8) is 0 Å². The normalized spacial score (nSPS) is 24.9. The van der Waals surface area contributed by atoms with E-state index in [1.807, 2.05) is 13.8 Å². The van der Waals surface area contributed by atoms with Crippen LogP contribution < -0.4 is 5.32 Å². The third-order valence-electron chi connectivity index (χ3n) is 5.52. The number of nitrogens with zero attached hydrogens (tertiary/aromatic N) is 2. The first kappa shape index (κ1) is 19.2. The molecule has 28 heavy (non-hydrogen) atoms. The minimum Gasteiger partial charge on any atom is -0.455 e. The Morgan fingerprint density at radius 1 is 1.32 bits per heavy atom. The first-order valence-electron chi connectivity index (χ1n) is 9.55. The van der Waals surface area contributed by atoms with Crippen LogP contribution in [0.4, 0.5) is 0 Å². The van der Waals surface area contributed by atoms with Crippen molar-refractivity contribution in [1.82, 2.24) is 14.5 Å². The summed E-state index contributed by atoms with van der Waals surface area (Å²) < 4.78 is 30.9. The van der Waals surface area contributed by atoms with Crippen LogP contribution in [-0.2, 0) is 21.4 Å². The van der Waals surface area contributed by atoms with Gasteiger partial charge in [0.15, 0.2) is 5.76 Å². The van der Waals surface area contributed by atoms with Crippen molar-refractivity contribution in [2.45, 2.75) is 45.3 Å². The van der Waals surface area contributed by atoms with Gasteiger partial charge in [-0.1, -0.05) is 13.8 Å². The minimum absolute atomic E-state index is 0.115. The quantitative estimate of drug-likeness (QED) is 0.763. The lowest BCUT2D eigenvalue weighted by Gasteiger charge is -2.28. The summed E-state index contributed by atoms with van der Waals surface area (Å²) in [5, 5.41) is 3.33. The highest BCUT2D eigenvalue weighted by molar-refractivity contribution is 7.89. The van der Waals surface area contributed by atoms with E-state index in [1.165, 1.54) is 0 Å². The fourth-order valence-corrected chi connectivity index (χ4v) is 5.05. The number of furan rings is 1. The van der Waals surface area contributed by atoms with Gasteiger partial charge >= 0.3 is 0 Å². The average Bonchev–Trinajstić information content (AvgIpc) is 3.02. The maximum absolute atomic E-state index is 13.1. The molecule has 0 unspecified atom stereocenters. The fourth-order valence-electron chi connectivity index (χ4n) is 4.04. The highest BCUT2D eigenvalue weighted by Crippen LogP contribution is 2.41. The van der Waals surface area contributed by atoms with E-state index in [2.05, 4.69) is 5.32 Å². The molecule has 2 atom stereocenters. The smallest absolute Gasteiger partial charge is 0.290 e. The molecule has 2 amide bonds. The van der Waals surface area contributed by atoms with E-state index in [0.29, 0.717) is 24.0 Å². The Balaban J connectivity index is 1.57. The number of hydrogen-bond acceptors (Lipinski definition) is 6. The van der Waals surface area contributed by atoms with E-state index < -0.39 is 27.9 Å². The van der Waals surface area contributed by atoms with E-state index in [4.69, 9.17) is 4.42 Å². The van der Waals surface area contributed by atoms with Crippen molar-refractivity contribution in [2.75, 3.05) is 12.8 Å². The van der Waals surface area contributed by atoms with Crippen LogP contribution >= 0.6 is 0 Å².